The van der Waals surface area contributed by atoms with Gasteiger partial charge in [0, 0.05) is 30.0 Å². The molecule has 1 aromatic carbocycles. The summed E-state index contributed by atoms with van der Waals surface area (Å²) in [5, 5.41) is 18.0. The summed E-state index contributed by atoms with van der Waals surface area (Å²) in [6, 6.07) is 1.07. The first-order chi connectivity index (χ1) is 15.8. The number of rotatable bonds is 7. The fourth-order valence-corrected chi connectivity index (χ4v) is 4.07. The molecule has 11 nitrogen and oxygen atoms in total. The van der Waals surface area contributed by atoms with Crippen LogP contribution in [-0.4, -0.2) is 49.2 Å². The number of aromatic nitrogens is 6. The van der Waals surface area contributed by atoms with E-state index in [0.717, 1.165) is 0 Å². The van der Waals surface area contributed by atoms with Crippen LogP contribution in [0.4, 0.5) is 16.0 Å². The molecule has 33 heavy (non-hydrogen) atoms. The van der Waals surface area contributed by atoms with Crippen molar-refractivity contribution in [2.45, 2.75) is 32.2 Å². The molecule has 0 radical (unpaired) electrons. The van der Waals surface area contributed by atoms with E-state index in [0.29, 0.717) is 35.8 Å². The average Bonchev–Trinajstić information content (AvgIpc) is 3.39. The van der Waals surface area contributed by atoms with Crippen molar-refractivity contribution in [3.05, 3.63) is 34.4 Å². The number of hydrogen-bond donors (Lipinski definition) is 3. The summed E-state index contributed by atoms with van der Waals surface area (Å²) in [5.41, 5.74) is 7.35. The van der Waals surface area contributed by atoms with Gasteiger partial charge in [-0.1, -0.05) is 11.6 Å². The van der Waals surface area contributed by atoms with Gasteiger partial charge in [-0.3, -0.25) is 4.79 Å². The number of tetrazole rings is 1. The molecular formula is C20H23ClFN9O2. The van der Waals surface area contributed by atoms with Gasteiger partial charge in [-0.05, 0) is 25.1 Å². The number of ether oxygens (including phenoxy) is 1. The Balaban J connectivity index is 1.77. The molecule has 2 unspecified atom stereocenters. The molecule has 2 aromatic heterocycles. The molecule has 1 amide bonds. The van der Waals surface area contributed by atoms with Crippen LogP contribution < -0.4 is 21.1 Å². The van der Waals surface area contributed by atoms with E-state index in [1.54, 1.807) is 14.0 Å². The van der Waals surface area contributed by atoms with Crippen LogP contribution in [0, 0.1) is 5.82 Å². The van der Waals surface area contributed by atoms with Gasteiger partial charge in [0.05, 0.1) is 24.7 Å². The Hall–Kier alpha value is -3.54. The molecule has 1 aliphatic rings. The van der Waals surface area contributed by atoms with E-state index >= 15 is 4.39 Å². The van der Waals surface area contributed by atoms with Crippen LogP contribution in [0.15, 0.2) is 12.4 Å². The number of carbonyl (C=O) groups is 1. The van der Waals surface area contributed by atoms with Gasteiger partial charge >= 0.3 is 0 Å². The molecule has 4 N–H and O–H groups in total. The van der Waals surface area contributed by atoms with Gasteiger partial charge in [-0.25, -0.2) is 14.4 Å². The maximum Gasteiger partial charge on any atom is 0.220 e. The van der Waals surface area contributed by atoms with Crippen molar-refractivity contribution in [2.75, 3.05) is 24.2 Å². The van der Waals surface area contributed by atoms with E-state index in [-0.39, 0.29) is 34.6 Å². The van der Waals surface area contributed by atoms with Crippen molar-refractivity contribution in [1.82, 2.24) is 35.5 Å². The Kier molecular flexibility index (Phi) is 6.27. The van der Waals surface area contributed by atoms with Crippen LogP contribution in [0.3, 0.4) is 0 Å². The molecule has 13 heteroatoms. The van der Waals surface area contributed by atoms with Crippen molar-refractivity contribution in [2.24, 2.45) is 7.05 Å². The monoisotopic (exact) mass is 475 g/mol. The highest BCUT2D eigenvalue weighted by Gasteiger charge is 2.32. The van der Waals surface area contributed by atoms with Crippen molar-refractivity contribution in [3.8, 4) is 17.1 Å². The minimum atomic E-state index is -0.590. The van der Waals surface area contributed by atoms with Gasteiger partial charge in [0.15, 0.2) is 0 Å². The third-order valence-electron chi connectivity index (χ3n) is 5.34. The first-order valence-corrected chi connectivity index (χ1v) is 10.7. The van der Waals surface area contributed by atoms with Gasteiger partial charge in [-0.2, -0.15) is 4.80 Å². The number of halogens is 2. The number of nitrogen functional groups attached to an aromatic ring is 1. The van der Waals surface area contributed by atoms with Gasteiger partial charge in [0.25, 0.3) is 0 Å². The summed E-state index contributed by atoms with van der Waals surface area (Å²) in [7, 11) is 1.63. The van der Waals surface area contributed by atoms with E-state index in [4.69, 9.17) is 22.1 Å². The number of aryl methyl sites for hydroxylation is 1. The standard InChI is InChI=1S/C20H23ClFN9O2/c1-4-33-17-11(6-12(21)16(22)14(17)10-5-13(32)24-7-10)9(2)27-19-15(18(23)25-8-26-19)20-28-30-31(3)29-20/h6,8-10H,4-5,7H2,1-3H3,(H,24,32)(H3,23,25,26,27). The van der Waals surface area contributed by atoms with E-state index < -0.39 is 17.8 Å². The fraction of sp³-hybridized carbons (Fsp3) is 0.400. The number of amides is 1. The van der Waals surface area contributed by atoms with Crippen LogP contribution in [0.2, 0.25) is 5.02 Å². The van der Waals surface area contributed by atoms with E-state index in [2.05, 4.69) is 36.0 Å². The molecule has 3 aromatic rings. The topological polar surface area (TPSA) is 146 Å². The summed E-state index contributed by atoms with van der Waals surface area (Å²) >= 11 is 6.27. The summed E-state index contributed by atoms with van der Waals surface area (Å²) < 4.78 is 21.0. The smallest absolute Gasteiger partial charge is 0.220 e. The van der Waals surface area contributed by atoms with Crippen molar-refractivity contribution in [1.29, 1.82) is 0 Å². The summed E-state index contributed by atoms with van der Waals surface area (Å²) in [5.74, 6) is 0.0141. The number of carbonyl (C=O) groups excluding carboxylic acids is 1. The Morgan fingerprint density at radius 1 is 1.45 bits per heavy atom. The summed E-state index contributed by atoms with van der Waals surface area (Å²) in [6.07, 6.45) is 1.47. The first kappa shape index (κ1) is 22.6. The van der Waals surface area contributed by atoms with Crippen LogP contribution in [0.5, 0.6) is 5.75 Å². The number of nitrogens with one attached hydrogen (secondary N) is 2. The highest BCUT2D eigenvalue weighted by atomic mass is 35.5. The maximum absolute atomic E-state index is 15.1. The minimum Gasteiger partial charge on any atom is -0.493 e. The molecule has 0 spiro atoms. The predicted molar refractivity (Wildman–Crippen MR) is 119 cm³/mol. The minimum absolute atomic E-state index is 0.0607. The largest absolute Gasteiger partial charge is 0.493 e. The highest BCUT2D eigenvalue weighted by Crippen LogP contribution is 2.42. The van der Waals surface area contributed by atoms with Crippen LogP contribution in [0.25, 0.3) is 11.4 Å². The Morgan fingerprint density at radius 2 is 2.24 bits per heavy atom. The zero-order valence-corrected chi connectivity index (χ0v) is 19.0. The molecule has 3 heterocycles. The van der Waals surface area contributed by atoms with Crippen molar-refractivity contribution < 1.29 is 13.9 Å². The molecule has 0 saturated carbocycles. The van der Waals surface area contributed by atoms with Gasteiger partial charge in [-0.15, -0.1) is 10.2 Å². The maximum atomic E-state index is 15.1. The predicted octanol–water partition coefficient (Wildman–Crippen LogP) is 2.22. The van der Waals surface area contributed by atoms with E-state index in [9.17, 15) is 4.79 Å². The van der Waals surface area contributed by atoms with E-state index in [1.165, 1.54) is 17.2 Å². The zero-order valence-electron chi connectivity index (χ0n) is 18.3. The molecule has 174 valence electrons. The summed E-state index contributed by atoms with van der Waals surface area (Å²) in [4.78, 5) is 21.4. The highest BCUT2D eigenvalue weighted by molar-refractivity contribution is 6.31. The van der Waals surface area contributed by atoms with Gasteiger partial charge < -0.3 is 21.1 Å². The second-order valence-electron chi connectivity index (χ2n) is 7.59. The third-order valence-corrected chi connectivity index (χ3v) is 5.61. The van der Waals surface area contributed by atoms with E-state index in [1.807, 2.05) is 6.92 Å². The Labute approximate surface area is 193 Å². The number of benzene rings is 1. The molecule has 1 saturated heterocycles. The molecule has 0 bridgehead atoms. The van der Waals surface area contributed by atoms with Crippen LogP contribution in [0.1, 0.15) is 43.4 Å². The van der Waals surface area contributed by atoms with Crippen molar-refractivity contribution in [3.63, 3.8) is 0 Å². The lowest BCUT2D eigenvalue weighted by atomic mass is 9.92. The first-order valence-electron chi connectivity index (χ1n) is 10.3. The third kappa shape index (κ3) is 4.38. The molecular weight excluding hydrogens is 453 g/mol. The molecule has 1 aliphatic heterocycles. The second kappa shape index (κ2) is 9.14. The van der Waals surface area contributed by atoms with Gasteiger partial charge in [0.2, 0.25) is 11.7 Å². The summed E-state index contributed by atoms with van der Waals surface area (Å²) in [6.45, 7) is 4.26. The Morgan fingerprint density at radius 3 is 2.88 bits per heavy atom. The number of anilines is 2. The number of nitrogens with zero attached hydrogens (tertiary/aromatic N) is 6. The molecule has 4 rings (SSSR count). The fourth-order valence-electron chi connectivity index (χ4n) is 3.85. The van der Waals surface area contributed by atoms with Crippen LogP contribution in [-0.2, 0) is 11.8 Å². The second-order valence-corrected chi connectivity index (χ2v) is 8.00. The van der Waals surface area contributed by atoms with Crippen LogP contribution >= 0.6 is 11.6 Å². The number of hydrogen-bond acceptors (Lipinski definition) is 9. The van der Waals surface area contributed by atoms with Gasteiger partial charge in [0.1, 0.15) is 35.1 Å². The number of nitrogens with two attached hydrogens (primary N) is 1. The SMILES string of the molecule is CCOc1c(C(C)Nc2ncnc(N)c2-c2nnn(C)n2)cc(Cl)c(F)c1C1CNC(=O)C1. The molecule has 1 fully saturated rings. The molecule has 0 aliphatic carbocycles. The van der Waals surface area contributed by atoms with Crippen molar-refractivity contribution >= 4 is 29.1 Å². The quantitative estimate of drug-likeness (QED) is 0.468. The average molecular weight is 476 g/mol. The molecule has 2 atom stereocenters. The normalized spacial score (nSPS) is 16.5. The lowest BCUT2D eigenvalue weighted by molar-refractivity contribution is -0.119. The lowest BCUT2D eigenvalue weighted by Crippen LogP contribution is -2.17. The zero-order chi connectivity index (χ0) is 23.7. The lowest BCUT2D eigenvalue weighted by Gasteiger charge is -2.24. The Bertz CT molecular complexity index is 1200.